The maximum atomic E-state index is 11.8. The number of nitrogen functional groups attached to an aromatic ring is 1. The topological polar surface area (TPSA) is 124 Å². The summed E-state index contributed by atoms with van der Waals surface area (Å²) >= 11 is 5.74. The van der Waals surface area contributed by atoms with Crippen LogP contribution in [0, 0.1) is 0 Å². The zero-order valence-electron chi connectivity index (χ0n) is 12.4. The van der Waals surface area contributed by atoms with Crippen LogP contribution in [0.3, 0.4) is 0 Å². The van der Waals surface area contributed by atoms with E-state index in [0.717, 1.165) is 0 Å². The summed E-state index contributed by atoms with van der Waals surface area (Å²) in [4.78, 5) is 34.8. The van der Waals surface area contributed by atoms with Crippen LogP contribution in [-0.2, 0) is 16.1 Å². The van der Waals surface area contributed by atoms with Gasteiger partial charge in [0, 0.05) is 0 Å². The number of anilines is 1. The predicted molar refractivity (Wildman–Crippen MR) is 85.2 cm³/mol. The van der Waals surface area contributed by atoms with Gasteiger partial charge in [0.25, 0.3) is 5.91 Å². The maximum absolute atomic E-state index is 11.8. The minimum absolute atomic E-state index is 0.121. The van der Waals surface area contributed by atoms with Crippen LogP contribution in [-0.4, -0.2) is 24.5 Å². The number of carbonyl (C=O) groups excluding carboxylic acids is 3. The predicted octanol–water partition coefficient (Wildman–Crippen LogP) is 1.70. The summed E-state index contributed by atoms with van der Waals surface area (Å²) in [5, 5.41) is 4.73. The van der Waals surface area contributed by atoms with Gasteiger partial charge < -0.3 is 20.2 Å². The van der Waals surface area contributed by atoms with Gasteiger partial charge in [0.05, 0.1) is 29.1 Å². The van der Waals surface area contributed by atoms with E-state index in [1.165, 1.54) is 24.5 Å². The number of carbonyl (C=O) groups is 3. The standard InChI is InChI=1S/C15H14ClN3O5/c16-11-4-3-9(6-12(11)17)14(21)24-8-13(20)19-15(22)18-7-10-2-1-5-23-10/h1-6H,7-8,17H2,(H2,18,19,20,22). The molecule has 126 valence electrons. The highest BCUT2D eigenvalue weighted by molar-refractivity contribution is 6.33. The van der Waals surface area contributed by atoms with E-state index in [9.17, 15) is 14.4 Å². The number of hydrogen-bond acceptors (Lipinski definition) is 6. The van der Waals surface area contributed by atoms with E-state index < -0.39 is 24.5 Å². The quantitative estimate of drug-likeness (QED) is 0.556. The van der Waals surface area contributed by atoms with Gasteiger partial charge in [-0.2, -0.15) is 0 Å². The average molecular weight is 352 g/mol. The first-order valence-electron chi connectivity index (χ1n) is 6.78. The van der Waals surface area contributed by atoms with Crippen LogP contribution >= 0.6 is 11.6 Å². The molecule has 0 aliphatic rings. The number of nitrogens with two attached hydrogens (primary N) is 1. The SMILES string of the molecule is Nc1cc(C(=O)OCC(=O)NC(=O)NCc2ccco2)ccc1Cl. The van der Waals surface area contributed by atoms with Crippen molar-refractivity contribution in [3.05, 3.63) is 52.9 Å². The number of rotatable bonds is 5. The number of urea groups is 1. The first kappa shape index (κ1) is 17.4. The summed E-state index contributed by atoms with van der Waals surface area (Å²) in [5.74, 6) is -1.00. The van der Waals surface area contributed by atoms with Crippen molar-refractivity contribution in [2.75, 3.05) is 12.3 Å². The summed E-state index contributed by atoms with van der Waals surface area (Å²) in [6.07, 6.45) is 1.46. The first-order valence-corrected chi connectivity index (χ1v) is 7.15. The normalized spacial score (nSPS) is 10.0. The molecule has 0 unspecified atom stereocenters. The minimum atomic E-state index is -0.776. The fourth-order valence-corrected chi connectivity index (χ4v) is 1.79. The third-order valence-corrected chi connectivity index (χ3v) is 3.17. The molecule has 2 aromatic rings. The molecule has 0 saturated carbocycles. The highest BCUT2D eigenvalue weighted by atomic mass is 35.5. The lowest BCUT2D eigenvalue weighted by Crippen LogP contribution is -2.41. The fourth-order valence-electron chi connectivity index (χ4n) is 1.67. The van der Waals surface area contributed by atoms with Crippen molar-refractivity contribution in [3.63, 3.8) is 0 Å². The summed E-state index contributed by atoms with van der Waals surface area (Å²) in [6, 6.07) is 6.79. The Kier molecular flexibility index (Phi) is 5.80. The van der Waals surface area contributed by atoms with Crippen molar-refractivity contribution in [3.8, 4) is 0 Å². The molecule has 0 spiro atoms. The molecule has 24 heavy (non-hydrogen) atoms. The molecule has 8 nitrogen and oxygen atoms in total. The lowest BCUT2D eigenvalue weighted by atomic mass is 10.2. The molecule has 1 heterocycles. The summed E-state index contributed by atoms with van der Waals surface area (Å²) in [6.45, 7) is -0.495. The van der Waals surface area contributed by atoms with Gasteiger partial charge in [-0.1, -0.05) is 11.6 Å². The second-order valence-corrected chi connectivity index (χ2v) is 5.03. The molecule has 0 atom stereocenters. The van der Waals surface area contributed by atoms with Crippen molar-refractivity contribution in [2.24, 2.45) is 0 Å². The van der Waals surface area contributed by atoms with E-state index in [4.69, 9.17) is 26.5 Å². The minimum Gasteiger partial charge on any atom is -0.467 e. The van der Waals surface area contributed by atoms with Crippen LogP contribution in [0.25, 0.3) is 0 Å². The monoisotopic (exact) mass is 351 g/mol. The molecule has 0 fully saturated rings. The van der Waals surface area contributed by atoms with Crippen LogP contribution in [0.2, 0.25) is 5.02 Å². The molecule has 4 N–H and O–H groups in total. The van der Waals surface area contributed by atoms with E-state index in [2.05, 4.69) is 5.32 Å². The largest absolute Gasteiger partial charge is 0.467 e. The molecular formula is C15H14ClN3O5. The van der Waals surface area contributed by atoms with Crippen LogP contribution in [0.5, 0.6) is 0 Å². The van der Waals surface area contributed by atoms with E-state index in [1.807, 2.05) is 5.32 Å². The Bertz CT molecular complexity index is 746. The Labute approximate surface area is 141 Å². The van der Waals surface area contributed by atoms with Crippen LogP contribution in [0.1, 0.15) is 16.1 Å². The molecule has 3 amide bonds. The molecule has 0 aliphatic heterocycles. The lowest BCUT2D eigenvalue weighted by Gasteiger charge is -2.07. The fraction of sp³-hybridized carbons (Fsp3) is 0.133. The lowest BCUT2D eigenvalue weighted by molar-refractivity contribution is -0.123. The van der Waals surface area contributed by atoms with Crippen molar-refractivity contribution >= 4 is 35.2 Å². The number of furan rings is 1. The number of ether oxygens (including phenoxy) is 1. The van der Waals surface area contributed by atoms with Crippen LogP contribution in [0.4, 0.5) is 10.5 Å². The first-order chi connectivity index (χ1) is 11.5. The van der Waals surface area contributed by atoms with E-state index in [1.54, 1.807) is 12.1 Å². The molecule has 0 saturated heterocycles. The third kappa shape index (κ3) is 5.03. The van der Waals surface area contributed by atoms with Gasteiger partial charge in [-0.3, -0.25) is 10.1 Å². The molecule has 1 aromatic carbocycles. The number of esters is 1. The van der Waals surface area contributed by atoms with E-state index >= 15 is 0 Å². The highest BCUT2D eigenvalue weighted by Crippen LogP contribution is 2.19. The summed E-state index contributed by atoms with van der Waals surface area (Å²) in [7, 11) is 0. The van der Waals surface area contributed by atoms with Gasteiger partial charge in [-0.15, -0.1) is 0 Å². The van der Waals surface area contributed by atoms with E-state index in [0.29, 0.717) is 10.8 Å². The molecule has 0 aliphatic carbocycles. The van der Waals surface area contributed by atoms with Crippen molar-refractivity contribution in [1.29, 1.82) is 0 Å². The van der Waals surface area contributed by atoms with Gasteiger partial charge in [0.15, 0.2) is 6.61 Å². The van der Waals surface area contributed by atoms with Crippen molar-refractivity contribution in [1.82, 2.24) is 10.6 Å². The van der Waals surface area contributed by atoms with Gasteiger partial charge in [0.1, 0.15) is 5.76 Å². The van der Waals surface area contributed by atoms with Crippen molar-refractivity contribution in [2.45, 2.75) is 6.54 Å². The Morgan fingerprint density at radius 3 is 2.71 bits per heavy atom. The zero-order chi connectivity index (χ0) is 17.5. The Morgan fingerprint density at radius 1 is 1.25 bits per heavy atom. The smallest absolute Gasteiger partial charge is 0.338 e. The van der Waals surface area contributed by atoms with Gasteiger partial charge in [0.2, 0.25) is 0 Å². The number of nitrogens with one attached hydrogen (secondary N) is 2. The number of hydrogen-bond donors (Lipinski definition) is 3. The molecule has 0 bridgehead atoms. The summed E-state index contributed by atoms with van der Waals surface area (Å²) in [5.41, 5.74) is 5.94. The molecular weight excluding hydrogens is 338 g/mol. The highest BCUT2D eigenvalue weighted by Gasteiger charge is 2.13. The Hall–Kier alpha value is -3.00. The van der Waals surface area contributed by atoms with Gasteiger partial charge >= 0.3 is 12.0 Å². The Balaban J connectivity index is 1.74. The number of imide groups is 1. The van der Waals surface area contributed by atoms with E-state index in [-0.39, 0.29) is 17.8 Å². The van der Waals surface area contributed by atoms with Crippen LogP contribution in [0.15, 0.2) is 41.0 Å². The molecule has 1 aromatic heterocycles. The zero-order valence-corrected chi connectivity index (χ0v) is 13.1. The van der Waals surface area contributed by atoms with Crippen LogP contribution < -0.4 is 16.4 Å². The number of halogens is 1. The molecule has 2 rings (SSSR count). The second kappa shape index (κ2) is 8.02. The molecule has 9 heteroatoms. The third-order valence-electron chi connectivity index (χ3n) is 2.82. The number of amides is 3. The number of benzene rings is 1. The van der Waals surface area contributed by atoms with Gasteiger partial charge in [-0.25, -0.2) is 9.59 Å². The Morgan fingerprint density at radius 2 is 2.04 bits per heavy atom. The maximum Gasteiger partial charge on any atom is 0.338 e. The summed E-state index contributed by atoms with van der Waals surface area (Å²) < 4.78 is 9.81. The van der Waals surface area contributed by atoms with Crippen molar-refractivity contribution < 1.29 is 23.5 Å². The molecule has 0 radical (unpaired) electrons. The van der Waals surface area contributed by atoms with Gasteiger partial charge in [-0.05, 0) is 30.3 Å². The second-order valence-electron chi connectivity index (χ2n) is 4.62. The average Bonchev–Trinajstić information content (AvgIpc) is 3.06.